The smallest absolute Gasteiger partial charge is 0.314 e. The average molecular weight is 955 g/mol. The molecule has 4 aliphatic heterocycles. The van der Waals surface area contributed by atoms with Gasteiger partial charge in [0.2, 0.25) is 6.29 Å². The fourth-order valence-electron chi connectivity index (χ4n) is 15.0. The second-order valence-electron chi connectivity index (χ2n) is 22.1. The molecule has 67 heavy (non-hydrogen) atoms. The van der Waals surface area contributed by atoms with Crippen molar-refractivity contribution in [3.05, 3.63) is 24.3 Å². The van der Waals surface area contributed by atoms with E-state index in [0.717, 1.165) is 24.0 Å². The van der Waals surface area contributed by atoms with Gasteiger partial charge >= 0.3 is 11.9 Å². The van der Waals surface area contributed by atoms with Gasteiger partial charge in [-0.3, -0.25) is 9.59 Å². The Balaban J connectivity index is 0.998. The van der Waals surface area contributed by atoms with E-state index in [4.69, 9.17) is 33.2 Å². The van der Waals surface area contributed by atoms with Crippen LogP contribution in [0.1, 0.15) is 92.9 Å². The summed E-state index contributed by atoms with van der Waals surface area (Å²) in [6.45, 7) is 19.3. The lowest BCUT2D eigenvalue weighted by molar-refractivity contribution is -0.361. The molecule has 8 rings (SSSR count). The summed E-state index contributed by atoms with van der Waals surface area (Å²) in [5.74, 6) is -1.91. The molecule has 4 saturated carbocycles. The first-order valence-corrected chi connectivity index (χ1v) is 24.1. The van der Waals surface area contributed by atoms with Gasteiger partial charge in [0.05, 0.1) is 37.3 Å². The van der Waals surface area contributed by atoms with Gasteiger partial charge in [0.15, 0.2) is 12.6 Å². The number of esters is 2. The summed E-state index contributed by atoms with van der Waals surface area (Å²) in [6.07, 6.45) is -22.1. The van der Waals surface area contributed by atoms with Crippen molar-refractivity contribution in [2.75, 3.05) is 13.2 Å². The standard InChI is InChI=1S/C48H74O19/c1-19(2)22-9-12-48(14-13-45(6)24(30(22)48)15-25-40-46(45,7)11-10-23(20(3)4)47(40,8)28(50)16-29(51)63-25)44(60)67-43-37(58)34(55)32(53)27(65-43)18-61-41-38(59)35(56)39(26(17-49)64-41)66-42-36(57)33(54)31(52)21(5)62-42/h21-28,30-43,49-50,52-59H,1,3,9-18H2,2,4-8H3/t21?,22?,23?,24-,25-,26?,27?,28?,30+,31?,32?,33?,34?,35?,36?,37?,38?,39?,40+,41?,42+,43?,45-,46-,47-,48-/m1/s1. The number of ether oxygens (including phenoxy) is 7. The highest BCUT2D eigenvalue weighted by molar-refractivity contribution is 5.78. The largest absolute Gasteiger partial charge is 0.462 e. The van der Waals surface area contributed by atoms with Crippen molar-refractivity contribution < 1.29 is 93.8 Å². The molecule has 10 N–H and O–H groups in total. The van der Waals surface area contributed by atoms with Crippen molar-refractivity contribution in [3.8, 4) is 0 Å². The minimum Gasteiger partial charge on any atom is -0.462 e. The quantitative estimate of drug-likeness (QED) is 0.0994. The molecule has 4 heterocycles. The molecule has 8 aliphatic rings. The first-order valence-electron chi connectivity index (χ1n) is 24.1. The molecule has 380 valence electrons. The topological polar surface area (TPSA) is 301 Å². The number of fused-ring (bicyclic) bond motifs is 4. The van der Waals surface area contributed by atoms with Crippen LogP contribution >= 0.6 is 0 Å². The summed E-state index contributed by atoms with van der Waals surface area (Å²) in [4.78, 5) is 28.5. The van der Waals surface area contributed by atoms with E-state index in [2.05, 4.69) is 33.9 Å². The molecule has 4 aliphatic carbocycles. The Labute approximate surface area is 391 Å². The van der Waals surface area contributed by atoms with Crippen LogP contribution in [0.4, 0.5) is 0 Å². The second kappa shape index (κ2) is 18.5. The third-order valence-corrected chi connectivity index (χ3v) is 18.8. The average Bonchev–Trinajstić information content (AvgIpc) is 3.64. The number of hydrogen-bond donors (Lipinski definition) is 10. The molecule has 0 bridgehead atoms. The van der Waals surface area contributed by atoms with E-state index in [0.29, 0.717) is 32.1 Å². The number of carbonyl (C=O) groups is 2. The summed E-state index contributed by atoms with van der Waals surface area (Å²) >= 11 is 0. The van der Waals surface area contributed by atoms with E-state index < -0.39 is 146 Å². The number of hydrogen-bond acceptors (Lipinski definition) is 19. The van der Waals surface area contributed by atoms with E-state index >= 15 is 4.79 Å². The van der Waals surface area contributed by atoms with Crippen LogP contribution < -0.4 is 0 Å². The zero-order chi connectivity index (χ0) is 49.0. The molecule has 8 fully saturated rings. The van der Waals surface area contributed by atoms with Crippen LogP contribution in [0.15, 0.2) is 24.3 Å². The van der Waals surface area contributed by atoms with Gasteiger partial charge in [-0.15, -0.1) is 0 Å². The molecule has 4 saturated heterocycles. The summed E-state index contributed by atoms with van der Waals surface area (Å²) in [5, 5.41) is 108. The van der Waals surface area contributed by atoms with E-state index in [-0.39, 0.29) is 41.4 Å². The minimum absolute atomic E-state index is 0.0263. The molecule has 17 unspecified atom stereocenters. The van der Waals surface area contributed by atoms with E-state index in [9.17, 15) is 55.9 Å². The Kier molecular flexibility index (Phi) is 14.1. The van der Waals surface area contributed by atoms with Crippen molar-refractivity contribution >= 4 is 11.9 Å². The summed E-state index contributed by atoms with van der Waals surface area (Å²) < 4.78 is 41.0. The zero-order valence-electron chi connectivity index (χ0n) is 39.3. The third-order valence-electron chi connectivity index (χ3n) is 18.8. The Morgan fingerprint density at radius 3 is 2.03 bits per heavy atom. The normalized spacial score (nSPS) is 54.1. The van der Waals surface area contributed by atoms with E-state index in [1.807, 2.05) is 13.8 Å². The maximum Gasteiger partial charge on any atom is 0.314 e. The highest BCUT2D eigenvalue weighted by Crippen LogP contribution is 2.77. The maximum atomic E-state index is 15.0. The second-order valence-corrected chi connectivity index (χ2v) is 22.1. The van der Waals surface area contributed by atoms with Gasteiger partial charge in [-0.1, -0.05) is 45.1 Å². The van der Waals surface area contributed by atoms with Crippen molar-refractivity contribution in [3.63, 3.8) is 0 Å². The minimum atomic E-state index is -1.89. The van der Waals surface area contributed by atoms with E-state index in [1.165, 1.54) is 6.92 Å². The Bertz CT molecular complexity index is 1880. The lowest BCUT2D eigenvalue weighted by Crippen LogP contribution is -2.69. The van der Waals surface area contributed by atoms with Crippen LogP contribution in [0.5, 0.6) is 0 Å². The summed E-state index contributed by atoms with van der Waals surface area (Å²) in [7, 11) is 0. The molecule has 0 aromatic heterocycles. The first kappa shape index (κ1) is 51.2. The monoisotopic (exact) mass is 954 g/mol. The molecule has 19 heteroatoms. The van der Waals surface area contributed by atoms with Gasteiger partial charge in [-0.25, -0.2) is 0 Å². The van der Waals surface area contributed by atoms with Crippen LogP contribution in [0, 0.1) is 51.2 Å². The lowest BCUT2D eigenvalue weighted by Gasteiger charge is -2.71. The first-order chi connectivity index (χ1) is 31.4. The maximum absolute atomic E-state index is 15.0. The van der Waals surface area contributed by atoms with Gasteiger partial charge in [0.1, 0.15) is 73.2 Å². The fourth-order valence-corrected chi connectivity index (χ4v) is 15.0. The SMILES string of the molecule is C=C(C)C1CC[C@@]2(C(=O)OC3OC(COC4OC(CO)C(O[C@@H]5OC(C)C(O)C(O)C5O)C(O)C4O)C(O)C(O)C3O)CC[C@]3(C)[C@H](C[C@H]4OC(=O)CC(O)[C@@]5(C)C(C(=C)C)CC[C@]3(C)[C@H]45)[C@H]12. The highest BCUT2D eigenvalue weighted by Gasteiger charge is 2.75. The number of allylic oxidation sites excluding steroid dienone is 2. The Morgan fingerprint density at radius 2 is 1.37 bits per heavy atom. The van der Waals surface area contributed by atoms with Crippen LogP contribution in [-0.2, 0) is 42.7 Å². The molecule has 0 radical (unpaired) electrons. The molecular formula is C48H74O19. The molecular weight excluding hydrogens is 881 g/mol. The predicted molar refractivity (Wildman–Crippen MR) is 230 cm³/mol. The molecule has 0 amide bonds. The van der Waals surface area contributed by atoms with Gasteiger partial charge < -0.3 is 84.2 Å². The van der Waals surface area contributed by atoms with Crippen LogP contribution in [0.3, 0.4) is 0 Å². The number of aliphatic hydroxyl groups excluding tert-OH is 10. The summed E-state index contributed by atoms with van der Waals surface area (Å²) in [5.41, 5.74) is -0.717. The number of rotatable bonds is 10. The van der Waals surface area contributed by atoms with Crippen LogP contribution in [0.2, 0.25) is 0 Å². The van der Waals surface area contributed by atoms with Crippen molar-refractivity contribution in [2.24, 2.45) is 51.2 Å². The van der Waals surface area contributed by atoms with Gasteiger partial charge in [-0.2, -0.15) is 0 Å². The van der Waals surface area contributed by atoms with Crippen molar-refractivity contribution in [1.82, 2.24) is 0 Å². The Morgan fingerprint density at radius 1 is 0.731 bits per heavy atom. The van der Waals surface area contributed by atoms with Crippen LogP contribution in [0.25, 0.3) is 0 Å². The van der Waals surface area contributed by atoms with Crippen molar-refractivity contribution in [1.29, 1.82) is 0 Å². The van der Waals surface area contributed by atoms with Gasteiger partial charge in [0, 0.05) is 11.3 Å². The van der Waals surface area contributed by atoms with E-state index in [1.54, 1.807) is 0 Å². The molecule has 26 atom stereocenters. The lowest BCUT2D eigenvalue weighted by atomic mass is 9.33. The molecule has 0 aromatic rings. The third kappa shape index (κ3) is 7.98. The van der Waals surface area contributed by atoms with Crippen LogP contribution in [-0.4, -0.2) is 181 Å². The predicted octanol–water partition coefficient (Wildman–Crippen LogP) is -0.294. The molecule has 0 spiro atoms. The summed E-state index contributed by atoms with van der Waals surface area (Å²) in [6, 6.07) is 0. The Hall–Kier alpha value is -2.18. The number of carbonyl (C=O) groups excluding carboxylic acids is 2. The fraction of sp³-hybridized carbons (Fsp3) is 0.875. The zero-order valence-corrected chi connectivity index (χ0v) is 39.3. The van der Waals surface area contributed by atoms with Gasteiger partial charge in [0.25, 0.3) is 0 Å². The molecule has 0 aromatic carbocycles. The number of aliphatic hydroxyl groups is 10. The van der Waals surface area contributed by atoms with Gasteiger partial charge in [-0.05, 0) is 100 Å². The molecule has 19 nitrogen and oxygen atoms in total. The van der Waals surface area contributed by atoms with Crippen molar-refractivity contribution in [2.45, 2.75) is 197 Å². The highest BCUT2D eigenvalue weighted by atomic mass is 16.8.